The quantitative estimate of drug-likeness (QED) is 0.173. The van der Waals surface area contributed by atoms with Gasteiger partial charge in [0.1, 0.15) is 23.8 Å². The lowest BCUT2D eigenvalue weighted by Gasteiger charge is -2.26. The van der Waals surface area contributed by atoms with Crippen LogP contribution in [0.5, 0.6) is 0 Å². The van der Waals surface area contributed by atoms with E-state index in [-0.39, 0.29) is 29.4 Å². The molecule has 5 rings (SSSR count). The van der Waals surface area contributed by atoms with Gasteiger partial charge in [-0.3, -0.25) is 24.7 Å². The highest BCUT2D eigenvalue weighted by molar-refractivity contribution is 7.14. The zero-order valence-electron chi connectivity index (χ0n) is 19.6. The Morgan fingerprint density at radius 1 is 1.19 bits per heavy atom. The van der Waals surface area contributed by atoms with E-state index in [4.69, 9.17) is 5.84 Å². The fourth-order valence-electron chi connectivity index (χ4n) is 4.28. The van der Waals surface area contributed by atoms with Gasteiger partial charge in [0.25, 0.3) is 11.8 Å². The van der Waals surface area contributed by atoms with Crippen LogP contribution in [0.25, 0.3) is 0 Å². The molecule has 13 heteroatoms. The summed E-state index contributed by atoms with van der Waals surface area (Å²) in [5, 5.41) is 12.0. The number of hydrogen-bond acceptors (Lipinski definition) is 10. The lowest BCUT2D eigenvalue weighted by atomic mass is 10.1. The van der Waals surface area contributed by atoms with Crippen LogP contribution in [-0.4, -0.2) is 67.3 Å². The summed E-state index contributed by atoms with van der Waals surface area (Å²) < 4.78 is 0.810. The number of hydrazine groups is 1. The van der Waals surface area contributed by atoms with Crippen LogP contribution in [0.4, 0.5) is 9.93 Å². The first-order chi connectivity index (χ1) is 17.4. The zero-order chi connectivity index (χ0) is 25.4. The predicted molar refractivity (Wildman–Crippen MR) is 129 cm³/mol. The van der Waals surface area contributed by atoms with Crippen molar-refractivity contribution in [2.24, 2.45) is 17.7 Å². The number of nitrogens with zero attached hydrogens (tertiary/aromatic N) is 5. The monoisotopic (exact) mass is 514 g/mol. The minimum Gasteiger partial charge on any atom is -0.390 e. The Labute approximate surface area is 211 Å². The van der Waals surface area contributed by atoms with Gasteiger partial charge in [-0.1, -0.05) is 12.8 Å². The van der Waals surface area contributed by atoms with Gasteiger partial charge in [0.05, 0.1) is 12.3 Å². The molecule has 191 valence electrons. The molecule has 0 unspecified atom stereocenters. The highest BCUT2D eigenvalue weighted by Crippen LogP contribution is 2.39. The minimum atomic E-state index is -1.18. The Morgan fingerprint density at radius 2 is 1.92 bits per heavy atom. The van der Waals surface area contributed by atoms with Crippen LogP contribution in [0, 0.1) is 11.8 Å². The normalized spacial score (nSPS) is 17.9. The van der Waals surface area contributed by atoms with E-state index >= 15 is 0 Å². The largest absolute Gasteiger partial charge is 0.390 e. The number of nitrogens with two attached hydrogens (primary N) is 1. The maximum absolute atomic E-state index is 13.8. The minimum absolute atomic E-state index is 0.0423. The number of nitrogen functional groups attached to an aromatic ring is 1. The van der Waals surface area contributed by atoms with Gasteiger partial charge in [-0.15, -0.1) is 11.3 Å². The predicted octanol–water partition coefficient (Wildman–Crippen LogP) is 1.20. The second kappa shape index (κ2) is 10.1. The summed E-state index contributed by atoms with van der Waals surface area (Å²) in [6.45, 7) is 0.235. The van der Waals surface area contributed by atoms with Gasteiger partial charge in [0.15, 0.2) is 5.13 Å². The van der Waals surface area contributed by atoms with Gasteiger partial charge in [-0.05, 0) is 43.9 Å². The third-order valence-corrected chi connectivity index (χ3v) is 7.65. The number of amides is 3. The molecule has 4 N–H and O–H groups in total. The number of aromatic nitrogens is 3. The number of hydrogen-bond donors (Lipinski definition) is 3. The third kappa shape index (κ3) is 5.04. The van der Waals surface area contributed by atoms with Crippen molar-refractivity contribution in [1.82, 2.24) is 24.9 Å². The van der Waals surface area contributed by atoms with Gasteiger partial charge in [0, 0.05) is 18.0 Å². The first-order valence-corrected chi connectivity index (χ1v) is 13.0. The Balaban J connectivity index is 1.48. The summed E-state index contributed by atoms with van der Waals surface area (Å²) in [5.74, 6) is 4.36. The maximum Gasteiger partial charge on any atom is 0.341 e. The first-order valence-electron chi connectivity index (χ1n) is 12.1. The van der Waals surface area contributed by atoms with Crippen molar-refractivity contribution in [3.63, 3.8) is 0 Å². The Morgan fingerprint density at radius 3 is 2.50 bits per heavy atom. The molecule has 12 nitrogen and oxygen atoms in total. The molecular weight excluding hydrogens is 486 g/mol. The number of carbonyl (C=O) groups excluding carboxylic acids is 4. The SMILES string of the molecule is NNC(=O)n1cnc(CO)c1C(=O)N(C(=O)c1csc(N(CC2CC2)C2CC2)n1)[C@H]([C]=O)CC1CC1. The van der Waals surface area contributed by atoms with Gasteiger partial charge >= 0.3 is 6.03 Å². The molecular formula is C23H28N7O5S. The number of nitrogens with one attached hydrogen (secondary N) is 1. The molecule has 0 spiro atoms. The highest BCUT2D eigenvalue weighted by Gasteiger charge is 2.40. The molecule has 3 saturated carbocycles. The number of aliphatic hydroxyl groups is 1. The lowest BCUT2D eigenvalue weighted by Crippen LogP contribution is -2.48. The van der Waals surface area contributed by atoms with Crippen LogP contribution in [0.15, 0.2) is 11.7 Å². The van der Waals surface area contributed by atoms with Crippen molar-refractivity contribution < 1.29 is 24.3 Å². The maximum atomic E-state index is 13.8. The first kappa shape index (κ1) is 24.5. The van der Waals surface area contributed by atoms with Gasteiger partial charge in [-0.25, -0.2) is 25.2 Å². The van der Waals surface area contributed by atoms with Gasteiger partial charge in [0.2, 0.25) is 6.29 Å². The number of rotatable bonds is 11. The van der Waals surface area contributed by atoms with Crippen LogP contribution in [0.1, 0.15) is 71.6 Å². The van der Waals surface area contributed by atoms with Crippen molar-refractivity contribution in [1.29, 1.82) is 0 Å². The van der Waals surface area contributed by atoms with Crippen molar-refractivity contribution in [3.05, 3.63) is 28.8 Å². The molecule has 0 aromatic carbocycles. The molecule has 2 aromatic rings. The number of imidazole rings is 1. The van der Waals surface area contributed by atoms with E-state index in [0.29, 0.717) is 12.0 Å². The molecule has 36 heavy (non-hydrogen) atoms. The van der Waals surface area contributed by atoms with Crippen LogP contribution in [-0.2, 0) is 11.4 Å². The standard InChI is InChI=1S/C23H28N7O5S/c24-27-22(35)29-12-25-17(10-32)19(29)21(34)30(16(9-31)7-13-1-2-13)20(33)18-11-36-23(26-18)28(15-5-6-15)8-14-3-4-14/h11-16,32H,1-8,10,24H2,(H,27,35)/t16-/m0/s1. The van der Waals surface area contributed by atoms with Crippen LogP contribution < -0.4 is 16.2 Å². The highest BCUT2D eigenvalue weighted by atomic mass is 32.1. The summed E-state index contributed by atoms with van der Waals surface area (Å²) in [4.78, 5) is 63.3. The van der Waals surface area contributed by atoms with Gasteiger partial charge < -0.3 is 10.0 Å². The van der Waals surface area contributed by atoms with Gasteiger partial charge in [-0.2, -0.15) is 0 Å². The van der Waals surface area contributed by atoms with Crippen molar-refractivity contribution in [3.8, 4) is 0 Å². The molecule has 3 fully saturated rings. The Hall–Kier alpha value is -3.16. The molecule has 0 saturated heterocycles. The number of anilines is 1. The molecule has 2 heterocycles. The lowest BCUT2D eigenvalue weighted by molar-refractivity contribution is 0.0565. The van der Waals surface area contributed by atoms with E-state index in [9.17, 15) is 24.3 Å². The third-order valence-electron chi connectivity index (χ3n) is 6.77. The molecule has 2 aromatic heterocycles. The second-order valence-corrected chi connectivity index (χ2v) is 10.5. The molecule has 1 atom stereocenters. The smallest absolute Gasteiger partial charge is 0.341 e. The summed E-state index contributed by atoms with van der Waals surface area (Å²) >= 11 is 1.33. The fraction of sp³-hybridized carbons (Fsp3) is 0.565. The van der Waals surface area contributed by atoms with Crippen molar-refractivity contribution in [2.45, 2.75) is 63.6 Å². The number of imide groups is 1. The summed E-state index contributed by atoms with van der Waals surface area (Å²) in [6, 6.07) is -1.65. The molecule has 1 radical (unpaired) electrons. The molecule has 0 bridgehead atoms. The van der Waals surface area contributed by atoms with E-state index < -0.39 is 30.5 Å². The van der Waals surface area contributed by atoms with Crippen LogP contribution in [0.2, 0.25) is 0 Å². The average Bonchev–Trinajstić information content (AvgIpc) is 3.81. The van der Waals surface area contributed by atoms with E-state index in [0.717, 1.165) is 53.2 Å². The molecule has 3 amide bonds. The Bertz CT molecular complexity index is 1170. The average molecular weight is 515 g/mol. The molecule has 0 aliphatic heterocycles. The van der Waals surface area contributed by atoms with E-state index in [1.54, 1.807) is 5.38 Å². The number of thiazole rings is 1. The number of aliphatic hydroxyl groups excluding tert-OH is 1. The second-order valence-electron chi connectivity index (χ2n) is 9.65. The Kier molecular flexibility index (Phi) is 6.86. The summed E-state index contributed by atoms with van der Waals surface area (Å²) in [7, 11) is 0. The summed E-state index contributed by atoms with van der Waals surface area (Å²) in [5.41, 5.74) is 1.47. The molecule has 3 aliphatic carbocycles. The number of carbonyl (C=O) groups is 3. The zero-order valence-corrected chi connectivity index (χ0v) is 20.4. The van der Waals surface area contributed by atoms with E-state index in [1.807, 2.05) is 11.7 Å². The van der Waals surface area contributed by atoms with Crippen molar-refractivity contribution >= 4 is 40.6 Å². The van der Waals surface area contributed by atoms with Crippen LogP contribution in [0.3, 0.4) is 0 Å². The topological polar surface area (TPSA) is 164 Å². The van der Waals surface area contributed by atoms with Crippen LogP contribution >= 0.6 is 11.3 Å². The van der Waals surface area contributed by atoms with E-state index in [2.05, 4.69) is 14.9 Å². The fourth-order valence-corrected chi connectivity index (χ4v) is 5.16. The molecule has 3 aliphatic rings. The van der Waals surface area contributed by atoms with Crippen molar-refractivity contribution in [2.75, 3.05) is 11.4 Å². The van der Waals surface area contributed by atoms with E-state index in [1.165, 1.54) is 24.2 Å². The summed E-state index contributed by atoms with van der Waals surface area (Å²) in [6.07, 6.45) is 9.46.